The molecule has 7 heteroatoms. The Kier molecular flexibility index (Phi) is 7.36. The molecule has 1 aromatic carbocycles. The molecular weight excluding hydrogens is 418 g/mol. The van der Waals surface area contributed by atoms with E-state index in [0.717, 1.165) is 50.6 Å². The molecule has 1 N–H and O–H groups in total. The molecule has 1 fully saturated rings. The van der Waals surface area contributed by atoms with E-state index in [1.54, 1.807) is 6.92 Å². The standard InChI is InChI=1S/C26H35N3O4/c1-3-21-23(19(2)33-28-21)25(31)29-15-13-26(14-16-29)12-8-4-5-9-17-32-22-11-7-6-10-20(22)24(30)27-18-26/h6-7,10-11H,3-5,8-9,12-18H2,1-2H3,(H,27,30). The van der Waals surface area contributed by atoms with Crippen molar-refractivity contribution in [1.29, 1.82) is 0 Å². The van der Waals surface area contributed by atoms with E-state index >= 15 is 0 Å². The normalized spacial score (nSPS) is 19.5. The fourth-order valence-electron chi connectivity index (χ4n) is 5.07. The summed E-state index contributed by atoms with van der Waals surface area (Å²) in [6, 6.07) is 7.47. The molecule has 2 aliphatic rings. The number of carbonyl (C=O) groups is 2. The Morgan fingerprint density at radius 3 is 2.67 bits per heavy atom. The van der Waals surface area contributed by atoms with E-state index in [2.05, 4.69) is 10.5 Å². The first-order valence-corrected chi connectivity index (χ1v) is 12.3. The van der Waals surface area contributed by atoms with Crippen molar-refractivity contribution in [3.63, 3.8) is 0 Å². The predicted molar refractivity (Wildman–Crippen MR) is 126 cm³/mol. The maximum absolute atomic E-state index is 13.2. The second kappa shape index (κ2) is 10.4. The smallest absolute Gasteiger partial charge is 0.259 e. The number of carbonyl (C=O) groups excluding carboxylic acids is 2. The fraction of sp³-hybridized carbons (Fsp3) is 0.577. The Morgan fingerprint density at radius 1 is 1.12 bits per heavy atom. The van der Waals surface area contributed by atoms with Gasteiger partial charge >= 0.3 is 0 Å². The van der Waals surface area contributed by atoms with Gasteiger partial charge in [-0.25, -0.2) is 0 Å². The molecule has 7 nitrogen and oxygen atoms in total. The van der Waals surface area contributed by atoms with Gasteiger partial charge in [0.25, 0.3) is 11.8 Å². The van der Waals surface area contributed by atoms with Crippen LogP contribution in [0, 0.1) is 12.3 Å². The van der Waals surface area contributed by atoms with Crippen LogP contribution in [-0.2, 0) is 6.42 Å². The van der Waals surface area contributed by atoms with Gasteiger partial charge in [-0.15, -0.1) is 0 Å². The van der Waals surface area contributed by atoms with Crippen molar-refractivity contribution in [2.45, 2.75) is 65.2 Å². The Hall–Kier alpha value is -2.83. The number of benzene rings is 1. The Balaban J connectivity index is 1.46. The van der Waals surface area contributed by atoms with Crippen LogP contribution in [0.1, 0.15) is 84.0 Å². The number of aryl methyl sites for hydroxylation is 2. The molecule has 1 spiro atoms. The minimum Gasteiger partial charge on any atom is -0.493 e. The predicted octanol–water partition coefficient (Wildman–Crippen LogP) is 4.54. The highest BCUT2D eigenvalue weighted by atomic mass is 16.5. The average molecular weight is 454 g/mol. The van der Waals surface area contributed by atoms with Crippen LogP contribution >= 0.6 is 0 Å². The van der Waals surface area contributed by atoms with E-state index in [0.29, 0.717) is 55.3 Å². The molecule has 0 atom stereocenters. The molecule has 3 heterocycles. The molecule has 33 heavy (non-hydrogen) atoms. The first-order chi connectivity index (χ1) is 16.0. The number of rotatable bonds is 2. The summed E-state index contributed by atoms with van der Waals surface area (Å²) in [6.07, 6.45) is 7.88. The molecule has 0 unspecified atom stereocenters. The van der Waals surface area contributed by atoms with E-state index in [-0.39, 0.29) is 17.2 Å². The Bertz CT molecular complexity index is 976. The van der Waals surface area contributed by atoms with Gasteiger partial charge in [-0.2, -0.15) is 0 Å². The number of fused-ring (bicyclic) bond motifs is 1. The second-order valence-corrected chi connectivity index (χ2v) is 9.40. The zero-order valence-corrected chi connectivity index (χ0v) is 19.8. The van der Waals surface area contributed by atoms with Crippen LogP contribution in [0.3, 0.4) is 0 Å². The summed E-state index contributed by atoms with van der Waals surface area (Å²) in [6.45, 7) is 6.41. The molecule has 0 aliphatic carbocycles. The summed E-state index contributed by atoms with van der Waals surface area (Å²) in [5.41, 5.74) is 1.95. The summed E-state index contributed by atoms with van der Waals surface area (Å²) < 4.78 is 11.2. The van der Waals surface area contributed by atoms with E-state index in [1.165, 1.54) is 0 Å². The fourth-order valence-corrected chi connectivity index (χ4v) is 5.07. The Morgan fingerprint density at radius 2 is 1.88 bits per heavy atom. The molecule has 1 aromatic heterocycles. The van der Waals surface area contributed by atoms with Gasteiger partial charge in [-0.3, -0.25) is 9.59 Å². The minimum atomic E-state index is -0.0876. The average Bonchev–Trinajstić information content (AvgIpc) is 3.22. The van der Waals surface area contributed by atoms with E-state index in [4.69, 9.17) is 9.26 Å². The number of piperidine rings is 1. The third-order valence-corrected chi connectivity index (χ3v) is 7.21. The van der Waals surface area contributed by atoms with Crippen molar-refractivity contribution in [2.75, 3.05) is 26.2 Å². The summed E-state index contributed by atoms with van der Waals surface area (Å²) in [5, 5.41) is 7.24. The monoisotopic (exact) mass is 453 g/mol. The molecule has 2 aliphatic heterocycles. The highest BCUT2D eigenvalue weighted by molar-refractivity contribution is 5.97. The third kappa shape index (κ3) is 5.23. The minimum absolute atomic E-state index is 0.00751. The molecular formula is C26H35N3O4. The number of nitrogens with one attached hydrogen (secondary N) is 1. The van der Waals surface area contributed by atoms with Crippen molar-refractivity contribution in [3.05, 3.63) is 46.8 Å². The van der Waals surface area contributed by atoms with E-state index < -0.39 is 0 Å². The summed E-state index contributed by atoms with van der Waals surface area (Å²) in [7, 11) is 0. The van der Waals surface area contributed by atoms with Crippen LogP contribution in [0.4, 0.5) is 0 Å². The molecule has 178 valence electrons. The van der Waals surface area contributed by atoms with Crippen LogP contribution in [0.5, 0.6) is 5.75 Å². The first-order valence-electron chi connectivity index (χ1n) is 12.3. The van der Waals surface area contributed by atoms with Gasteiger partial charge in [0.05, 0.1) is 17.9 Å². The van der Waals surface area contributed by atoms with Gasteiger partial charge in [0.2, 0.25) is 0 Å². The highest BCUT2D eigenvalue weighted by Gasteiger charge is 2.37. The zero-order chi connectivity index (χ0) is 23.3. The molecule has 1 saturated heterocycles. The number of hydrogen-bond donors (Lipinski definition) is 1. The maximum atomic E-state index is 13.2. The Labute approximate surface area is 195 Å². The number of nitrogens with zero attached hydrogens (tertiary/aromatic N) is 2. The van der Waals surface area contributed by atoms with Crippen molar-refractivity contribution >= 4 is 11.8 Å². The van der Waals surface area contributed by atoms with Crippen LogP contribution in [0.15, 0.2) is 28.8 Å². The van der Waals surface area contributed by atoms with Gasteiger partial charge in [0.1, 0.15) is 17.1 Å². The van der Waals surface area contributed by atoms with Gasteiger partial charge in [0, 0.05) is 19.6 Å². The molecule has 0 saturated carbocycles. The van der Waals surface area contributed by atoms with Gasteiger partial charge in [-0.05, 0) is 56.6 Å². The lowest BCUT2D eigenvalue weighted by atomic mass is 9.74. The third-order valence-electron chi connectivity index (χ3n) is 7.21. The molecule has 2 amide bonds. The molecule has 0 radical (unpaired) electrons. The number of likely N-dealkylation sites (tertiary alicyclic amines) is 1. The van der Waals surface area contributed by atoms with E-state index in [1.807, 2.05) is 36.1 Å². The number of para-hydroxylation sites is 1. The van der Waals surface area contributed by atoms with Crippen molar-refractivity contribution in [1.82, 2.24) is 15.4 Å². The summed E-state index contributed by atoms with van der Waals surface area (Å²) >= 11 is 0. The quantitative estimate of drug-likeness (QED) is 0.722. The molecule has 4 rings (SSSR count). The summed E-state index contributed by atoms with van der Waals surface area (Å²) in [4.78, 5) is 28.1. The lowest BCUT2D eigenvalue weighted by Crippen LogP contribution is -2.48. The largest absolute Gasteiger partial charge is 0.493 e. The van der Waals surface area contributed by atoms with E-state index in [9.17, 15) is 9.59 Å². The number of aromatic nitrogens is 1. The topological polar surface area (TPSA) is 84.7 Å². The van der Waals surface area contributed by atoms with Crippen LogP contribution in [0.2, 0.25) is 0 Å². The van der Waals surface area contributed by atoms with Gasteiger partial charge < -0.3 is 19.5 Å². The van der Waals surface area contributed by atoms with Crippen molar-refractivity contribution in [2.24, 2.45) is 5.41 Å². The second-order valence-electron chi connectivity index (χ2n) is 9.40. The number of ether oxygens (including phenoxy) is 1. The van der Waals surface area contributed by atoms with Crippen LogP contribution < -0.4 is 10.1 Å². The zero-order valence-electron chi connectivity index (χ0n) is 19.8. The maximum Gasteiger partial charge on any atom is 0.259 e. The first kappa shape index (κ1) is 23.3. The van der Waals surface area contributed by atoms with Gasteiger partial charge in [0.15, 0.2) is 0 Å². The lowest BCUT2D eigenvalue weighted by Gasteiger charge is -2.42. The summed E-state index contributed by atoms with van der Waals surface area (Å²) in [5.74, 6) is 1.17. The molecule has 0 bridgehead atoms. The van der Waals surface area contributed by atoms with Crippen molar-refractivity contribution < 1.29 is 18.8 Å². The van der Waals surface area contributed by atoms with Crippen LogP contribution in [0.25, 0.3) is 0 Å². The van der Waals surface area contributed by atoms with Crippen LogP contribution in [-0.4, -0.2) is 48.1 Å². The highest BCUT2D eigenvalue weighted by Crippen LogP contribution is 2.37. The van der Waals surface area contributed by atoms with Gasteiger partial charge in [-0.1, -0.05) is 43.5 Å². The lowest BCUT2D eigenvalue weighted by molar-refractivity contribution is 0.0533. The number of amides is 2. The molecule has 2 aromatic rings. The SMILES string of the molecule is CCc1noc(C)c1C(=O)N1CCC2(CCCCCCOc3ccccc3C(=O)NC2)CC1. The number of hydrogen-bond acceptors (Lipinski definition) is 5. The van der Waals surface area contributed by atoms with Crippen molar-refractivity contribution in [3.8, 4) is 5.75 Å².